The van der Waals surface area contributed by atoms with E-state index in [9.17, 15) is 0 Å². The van der Waals surface area contributed by atoms with Crippen LogP contribution in [0.5, 0.6) is 5.75 Å². The standard InChI is InChI=1S/C17H26N2O/c1-12(2)20-16-5-3-4-13(10-16)17-14(11-18)8-9-19(17)15-6-7-15/h3-5,10,12,14-15,17H,6-9,11,18H2,1-2H3. The number of ether oxygens (including phenoxy) is 1. The van der Waals surface area contributed by atoms with E-state index in [1.807, 2.05) is 0 Å². The summed E-state index contributed by atoms with van der Waals surface area (Å²) < 4.78 is 5.84. The van der Waals surface area contributed by atoms with E-state index in [4.69, 9.17) is 10.5 Å². The van der Waals surface area contributed by atoms with Crippen LogP contribution in [0.1, 0.15) is 44.7 Å². The predicted octanol–water partition coefficient (Wildman–Crippen LogP) is 2.96. The molecule has 1 saturated heterocycles. The summed E-state index contributed by atoms with van der Waals surface area (Å²) in [6.45, 7) is 6.12. The summed E-state index contributed by atoms with van der Waals surface area (Å²) in [5.41, 5.74) is 7.38. The minimum absolute atomic E-state index is 0.221. The van der Waals surface area contributed by atoms with Gasteiger partial charge in [-0.05, 0) is 69.8 Å². The Balaban J connectivity index is 1.84. The minimum atomic E-state index is 0.221. The lowest BCUT2D eigenvalue weighted by Gasteiger charge is -2.28. The van der Waals surface area contributed by atoms with Gasteiger partial charge >= 0.3 is 0 Å². The molecule has 1 aromatic rings. The van der Waals surface area contributed by atoms with Crippen molar-refractivity contribution in [3.8, 4) is 5.75 Å². The van der Waals surface area contributed by atoms with E-state index in [-0.39, 0.29) is 6.10 Å². The Morgan fingerprint density at radius 1 is 1.30 bits per heavy atom. The first-order chi connectivity index (χ1) is 9.69. The van der Waals surface area contributed by atoms with Gasteiger partial charge in [0.25, 0.3) is 0 Å². The molecule has 3 nitrogen and oxygen atoms in total. The Hall–Kier alpha value is -1.06. The van der Waals surface area contributed by atoms with Gasteiger partial charge in [0.1, 0.15) is 5.75 Å². The monoisotopic (exact) mass is 274 g/mol. The largest absolute Gasteiger partial charge is 0.491 e. The molecule has 110 valence electrons. The van der Waals surface area contributed by atoms with E-state index in [0.717, 1.165) is 18.3 Å². The molecule has 0 bridgehead atoms. The Morgan fingerprint density at radius 2 is 2.10 bits per heavy atom. The Kier molecular flexibility index (Phi) is 3.99. The summed E-state index contributed by atoms with van der Waals surface area (Å²) >= 11 is 0. The van der Waals surface area contributed by atoms with E-state index in [0.29, 0.717) is 12.0 Å². The van der Waals surface area contributed by atoms with Crippen LogP contribution in [0.25, 0.3) is 0 Å². The summed E-state index contributed by atoms with van der Waals surface area (Å²) in [6, 6.07) is 9.91. The highest BCUT2D eigenvalue weighted by Gasteiger charge is 2.42. The van der Waals surface area contributed by atoms with Crippen molar-refractivity contribution in [1.29, 1.82) is 0 Å². The Bertz CT molecular complexity index is 456. The van der Waals surface area contributed by atoms with Gasteiger partial charge < -0.3 is 10.5 Å². The van der Waals surface area contributed by atoms with Crippen molar-refractivity contribution in [3.05, 3.63) is 29.8 Å². The SMILES string of the molecule is CC(C)Oc1cccc(C2C(CN)CCN2C2CC2)c1. The molecule has 3 heteroatoms. The third kappa shape index (κ3) is 2.84. The van der Waals surface area contributed by atoms with Crippen molar-refractivity contribution in [2.75, 3.05) is 13.1 Å². The number of hydrogen-bond donors (Lipinski definition) is 1. The number of nitrogens with two attached hydrogens (primary N) is 1. The van der Waals surface area contributed by atoms with Crippen molar-refractivity contribution >= 4 is 0 Å². The first kappa shape index (κ1) is 13.9. The third-order valence-corrected chi connectivity index (χ3v) is 4.45. The Morgan fingerprint density at radius 3 is 2.75 bits per heavy atom. The molecular weight excluding hydrogens is 248 g/mol. The van der Waals surface area contributed by atoms with E-state index >= 15 is 0 Å². The first-order valence-corrected chi connectivity index (χ1v) is 7.91. The van der Waals surface area contributed by atoms with E-state index < -0.39 is 0 Å². The van der Waals surface area contributed by atoms with Crippen LogP contribution < -0.4 is 10.5 Å². The van der Waals surface area contributed by atoms with Crippen LogP contribution in [-0.2, 0) is 0 Å². The molecule has 0 amide bonds. The second-order valence-electron chi connectivity index (χ2n) is 6.44. The highest BCUT2D eigenvalue weighted by molar-refractivity contribution is 5.32. The second-order valence-corrected chi connectivity index (χ2v) is 6.44. The number of likely N-dealkylation sites (tertiary alicyclic amines) is 1. The van der Waals surface area contributed by atoms with Crippen molar-refractivity contribution in [3.63, 3.8) is 0 Å². The topological polar surface area (TPSA) is 38.5 Å². The van der Waals surface area contributed by atoms with E-state index in [1.165, 1.54) is 31.4 Å². The van der Waals surface area contributed by atoms with Crippen LogP contribution in [0.2, 0.25) is 0 Å². The molecule has 1 saturated carbocycles. The van der Waals surface area contributed by atoms with Gasteiger partial charge in [-0.1, -0.05) is 12.1 Å². The molecule has 2 N–H and O–H groups in total. The van der Waals surface area contributed by atoms with Gasteiger partial charge in [0.2, 0.25) is 0 Å². The molecule has 20 heavy (non-hydrogen) atoms. The average Bonchev–Trinajstić information content (AvgIpc) is 3.17. The van der Waals surface area contributed by atoms with Gasteiger partial charge in [-0.3, -0.25) is 4.90 Å². The maximum absolute atomic E-state index is 6.01. The third-order valence-electron chi connectivity index (χ3n) is 4.45. The molecule has 0 radical (unpaired) electrons. The van der Waals surface area contributed by atoms with Crippen molar-refractivity contribution in [1.82, 2.24) is 4.90 Å². The van der Waals surface area contributed by atoms with Gasteiger partial charge in [-0.2, -0.15) is 0 Å². The molecule has 2 unspecified atom stereocenters. The molecule has 2 aliphatic rings. The highest BCUT2D eigenvalue weighted by atomic mass is 16.5. The second kappa shape index (κ2) is 5.74. The zero-order chi connectivity index (χ0) is 14.1. The van der Waals surface area contributed by atoms with Crippen LogP contribution in [0.4, 0.5) is 0 Å². The van der Waals surface area contributed by atoms with Crippen LogP contribution in [0.15, 0.2) is 24.3 Å². The van der Waals surface area contributed by atoms with Gasteiger partial charge in [0, 0.05) is 12.1 Å². The molecule has 1 heterocycles. The molecule has 1 aromatic carbocycles. The molecule has 2 atom stereocenters. The minimum Gasteiger partial charge on any atom is -0.491 e. The normalized spacial score (nSPS) is 27.2. The van der Waals surface area contributed by atoms with Gasteiger partial charge in [-0.15, -0.1) is 0 Å². The fraction of sp³-hybridized carbons (Fsp3) is 0.647. The summed E-state index contributed by atoms with van der Waals surface area (Å²) in [6.07, 6.45) is 4.16. The number of hydrogen-bond acceptors (Lipinski definition) is 3. The molecule has 2 fully saturated rings. The fourth-order valence-corrected chi connectivity index (χ4v) is 3.45. The molecule has 0 aromatic heterocycles. The lowest BCUT2D eigenvalue weighted by atomic mass is 9.93. The zero-order valence-electron chi connectivity index (χ0n) is 12.6. The zero-order valence-corrected chi connectivity index (χ0v) is 12.6. The maximum Gasteiger partial charge on any atom is 0.120 e. The number of rotatable bonds is 5. The lowest BCUT2D eigenvalue weighted by molar-refractivity contribution is 0.217. The molecule has 1 aliphatic carbocycles. The van der Waals surface area contributed by atoms with Crippen LogP contribution in [0, 0.1) is 5.92 Å². The maximum atomic E-state index is 6.01. The quantitative estimate of drug-likeness (QED) is 0.897. The summed E-state index contributed by atoms with van der Waals surface area (Å²) in [5, 5.41) is 0. The summed E-state index contributed by atoms with van der Waals surface area (Å²) in [5.74, 6) is 1.57. The smallest absolute Gasteiger partial charge is 0.120 e. The van der Waals surface area contributed by atoms with Crippen molar-refractivity contribution in [2.45, 2.75) is 51.3 Å². The van der Waals surface area contributed by atoms with Crippen molar-refractivity contribution in [2.24, 2.45) is 11.7 Å². The molecule has 1 aliphatic heterocycles. The summed E-state index contributed by atoms with van der Waals surface area (Å²) in [4.78, 5) is 2.67. The Labute approximate surface area is 122 Å². The molecule has 3 rings (SSSR count). The molecule has 0 spiro atoms. The lowest BCUT2D eigenvalue weighted by Crippen LogP contribution is -2.30. The first-order valence-electron chi connectivity index (χ1n) is 7.91. The van der Waals surface area contributed by atoms with Gasteiger partial charge in [0.15, 0.2) is 0 Å². The van der Waals surface area contributed by atoms with E-state index in [1.54, 1.807) is 0 Å². The summed E-state index contributed by atoms with van der Waals surface area (Å²) in [7, 11) is 0. The number of nitrogens with zero attached hydrogens (tertiary/aromatic N) is 1. The predicted molar refractivity (Wildman–Crippen MR) is 81.8 cm³/mol. The van der Waals surface area contributed by atoms with Crippen LogP contribution in [-0.4, -0.2) is 30.1 Å². The highest BCUT2D eigenvalue weighted by Crippen LogP contribution is 2.44. The van der Waals surface area contributed by atoms with Gasteiger partial charge in [-0.25, -0.2) is 0 Å². The average molecular weight is 274 g/mol. The van der Waals surface area contributed by atoms with Crippen molar-refractivity contribution < 1.29 is 4.74 Å². The fourth-order valence-electron chi connectivity index (χ4n) is 3.45. The van der Waals surface area contributed by atoms with Crippen LogP contribution in [0.3, 0.4) is 0 Å². The van der Waals surface area contributed by atoms with Gasteiger partial charge in [0.05, 0.1) is 6.10 Å². The van der Waals surface area contributed by atoms with E-state index in [2.05, 4.69) is 43.0 Å². The number of benzene rings is 1. The molecular formula is C17H26N2O. The van der Waals surface area contributed by atoms with Crippen LogP contribution >= 0.6 is 0 Å².